The van der Waals surface area contributed by atoms with Crippen molar-refractivity contribution in [2.45, 2.75) is 43.3 Å². The summed E-state index contributed by atoms with van der Waals surface area (Å²) in [5, 5.41) is 11.3. The van der Waals surface area contributed by atoms with Crippen LogP contribution in [0, 0.1) is 0 Å². The zero-order chi connectivity index (χ0) is 12.0. The molecule has 0 heterocycles. The Bertz CT molecular complexity index is 312. The van der Waals surface area contributed by atoms with Gasteiger partial charge in [-0.25, -0.2) is 0 Å². The molecule has 1 aromatic carbocycles. The Morgan fingerprint density at radius 1 is 1.06 bits per heavy atom. The van der Waals surface area contributed by atoms with Gasteiger partial charge in [0.2, 0.25) is 0 Å². The highest BCUT2D eigenvalue weighted by Gasteiger charge is 2.08. The van der Waals surface area contributed by atoms with Crippen molar-refractivity contribution >= 4 is 31.9 Å². The second-order valence-electron chi connectivity index (χ2n) is 3.99. The fourth-order valence-electron chi connectivity index (χ4n) is 1.76. The van der Waals surface area contributed by atoms with Gasteiger partial charge in [0.15, 0.2) is 0 Å². The molecule has 0 aliphatic heterocycles. The lowest BCUT2D eigenvalue weighted by Gasteiger charge is -2.10. The molecular formula is C13H18Br2O. The maximum atomic E-state index is 9.92. The average molecular weight is 350 g/mol. The van der Waals surface area contributed by atoms with Crippen LogP contribution in [0.3, 0.4) is 0 Å². The first-order valence-corrected chi connectivity index (χ1v) is 7.92. The molecule has 1 aromatic rings. The van der Waals surface area contributed by atoms with Gasteiger partial charge in [0.25, 0.3) is 0 Å². The number of benzene rings is 1. The molecule has 0 fully saturated rings. The van der Waals surface area contributed by atoms with Gasteiger partial charge >= 0.3 is 0 Å². The number of phenols is 1. The first kappa shape index (κ1) is 14.0. The van der Waals surface area contributed by atoms with Crippen LogP contribution in [-0.2, 0) is 17.1 Å². The van der Waals surface area contributed by atoms with Crippen LogP contribution in [0.25, 0.3) is 0 Å². The number of halogens is 2. The van der Waals surface area contributed by atoms with Gasteiger partial charge in [-0.05, 0) is 18.4 Å². The van der Waals surface area contributed by atoms with E-state index in [1.165, 1.54) is 24.8 Å². The highest BCUT2D eigenvalue weighted by Crippen LogP contribution is 2.29. The quantitative estimate of drug-likeness (QED) is 0.571. The number of rotatable bonds is 6. The van der Waals surface area contributed by atoms with Gasteiger partial charge in [0.05, 0.1) is 0 Å². The molecule has 0 spiro atoms. The van der Waals surface area contributed by atoms with Crippen molar-refractivity contribution < 1.29 is 5.11 Å². The summed E-state index contributed by atoms with van der Waals surface area (Å²) in [4.78, 5) is 0. The van der Waals surface area contributed by atoms with Crippen LogP contribution in [-0.4, -0.2) is 5.11 Å². The molecule has 16 heavy (non-hydrogen) atoms. The fourth-order valence-corrected chi connectivity index (χ4v) is 2.61. The molecule has 1 nitrogen and oxygen atoms in total. The summed E-state index contributed by atoms with van der Waals surface area (Å²) >= 11 is 6.82. The predicted octanol–water partition coefficient (Wildman–Crippen LogP) is 4.91. The number of hydrogen-bond acceptors (Lipinski definition) is 1. The van der Waals surface area contributed by atoms with Crippen LogP contribution in [0.15, 0.2) is 12.1 Å². The smallest absolute Gasteiger partial charge is 0.123 e. The van der Waals surface area contributed by atoms with Crippen LogP contribution >= 0.6 is 31.9 Å². The minimum atomic E-state index is 0.424. The molecule has 3 heteroatoms. The summed E-state index contributed by atoms with van der Waals surface area (Å²) in [7, 11) is 0. The van der Waals surface area contributed by atoms with Crippen LogP contribution in [0.2, 0.25) is 0 Å². The van der Waals surface area contributed by atoms with Crippen molar-refractivity contribution in [2.75, 3.05) is 0 Å². The maximum Gasteiger partial charge on any atom is 0.123 e. The Kier molecular flexibility index (Phi) is 6.44. The van der Waals surface area contributed by atoms with E-state index in [9.17, 15) is 5.11 Å². The number of aromatic hydroxyl groups is 1. The standard InChI is InChI=1S/C13H18Br2O/c1-2-3-4-5-10-6-11(8-14)13(16)12(7-10)9-15/h6-7,16H,2-5,8-9H2,1H3. The lowest BCUT2D eigenvalue weighted by Crippen LogP contribution is -1.93. The highest BCUT2D eigenvalue weighted by atomic mass is 79.9. The Labute approximate surface area is 115 Å². The van der Waals surface area contributed by atoms with Crippen molar-refractivity contribution in [1.82, 2.24) is 0 Å². The van der Waals surface area contributed by atoms with Crippen molar-refractivity contribution in [2.24, 2.45) is 0 Å². The summed E-state index contributed by atoms with van der Waals surface area (Å²) in [6.07, 6.45) is 4.85. The lowest BCUT2D eigenvalue weighted by molar-refractivity contribution is 0.466. The highest BCUT2D eigenvalue weighted by molar-refractivity contribution is 9.08. The van der Waals surface area contributed by atoms with Crippen LogP contribution in [0.1, 0.15) is 42.9 Å². The van der Waals surface area contributed by atoms with Crippen molar-refractivity contribution in [3.8, 4) is 5.75 Å². The number of hydrogen-bond donors (Lipinski definition) is 1. The Balaban J connectivity index is 2.84. The van der Waals surface area contributed by atoms with Crippen molar-refractivity contribution in [1.29, 1.82) is 0 Å². The monoisotopic (exact) mass is 348 g/mol. The molecule has 0 aliphatic rings. The number of unbranched alkanes of at least 4 members (excludes halogenated alkanes) is 2. The fraction of sp³-hybridized carbons (Fsp3) is 0.538. The minimum absolute atomic E-state index is 0.424. The van der Waals surface area contributed by atoms with Gasteiger partial charge in [-0.15, -0.1) is 0 Å². The van der Waals surface area contributed by atoms with Crippen LogP contribution < -0.4 is 0 Å². The molecule has 0 aromatic heterocycles. The van der Waals surface area contributed by atoms with E-state index in [-0.39, 0.29) is 0 Å². The van der Waals surface area contributed by atoms with Gasteiger partial charge in [-0.1, -0.05) is 63.8 Å². The van der Waals surface area contributed by atoms with E-state index in [4.69, 9.17) is 0 Å². The van der Waals surface area contributed by atoms with Crippen LogP contribution in [0.4, 0.5) is 0 Å². The zero-order valence-corrected chi connectivity index (χ0v) is 12.8. The molecule has 1 N–H and O–H groups in total. The normalized spacial score (nSPS) is 10.7. The van der Waals surface area contributed by atoms with Gasteiger partial charge in [-0.2, -0.15) is 0 Å². The van der Waals surface area contributed by atoms with E-state index in [1.54, 1.807) is 0 Å². The molecule has 90 valence electrons. The van der Waals surface area contributed by atoms with E-state index >= 15 is 0 Å². The van der Waals surface area contributed by atoms with E-state index < -0.39 is 0 Å². The lowest BCUT2D eigenvalue weighted by atomic mass is 10.0. The third-order valence-corrected chi connectivity index (χ3v) is 3.89. The third kappa shape index (κ3) is 3.77. The molecule has 1 rings (SSSR count). The van der Waals surface area contributed by atoms with Crippen LogP contribution in [0.5, 0.6) is 5.75 Å². The number of aryl methyl sites for hydroxylation is 1. The average Bonchev–Trinajstić information content (AvgIpc) is 2.31. The summed E-state index contributed by atoms with van der Waals surface area (Å²) in [5.41, 5.74) is 3.31. The van der Waals surface area contributed by atoms with Gasteiger partial charge < -0.3 is 5.11 Å². The molecule has 0 saturated carbocycles. The molecule has 0 aliphatic carbocycles. The maximum absolute atomic E-state index is 9.92. The molecule has 0 bridgehead atoms. The SMILES string of the molecule is CCCCCc1cc(CBr)c(O)c(CBr)c1. The Morgan fingerprint density at radius 2 is 1.62 bits per heavy atom. The Morgan fingerprint density at radius 3 is 2.06 bits per heavy atom. The summed E-state index contributed by atoms with van der Waals surface area (Å²) in [6, 6.07) is 4.21. The van der Waals surface area contributed by atoms with E-state index in [0.29, 0.717) is 16.4 Å². The van der Waals surface area contributed by atoms with E-state index in [1.807, 2.05) is 0 Å². The van der Waals surface area contributed by atoms with Gasteiger partial charge in [0, 0.05) is 21.8 Å². The summed E-state index contributed by atoms with van der Waals surface area (Å²) in [5.74, 6) is 0.424. The molecule has 0 radical (unpaired) electrons. The molecule has 0 atom stereocenters. The van der Waals surface area contributed by atoms with Crippen molar-refractivity contribution in [3.05, 3.63) is 28.8 Å². The Hall–Kier alpha value is -0.0200. The number of phenolic OH excluding ortho intramolecular Hbond substituents is 1. The molecule has 0 unspecified atom stereocenters. The molecule has 0 saturated heterocycles. The first-order valence-electron chi connectivity index (χ1n) is 5.68. The van der Waals surface area contributed by atoms with Crippen molar-refractivity contribution in [3.63, 3.8) is 0 Å². The second kappa shape index (κ2) is 7.33. The van der Waals surface area contributed by atoms with Gasteiger partial charge in [0.1, 0.15) is 5.75 Å². The molecule has 0 amide bonds. The van der Waals surface area contributed by atoms with E-state index in [0.717, 1.165) is 17.5 Å². The summed E-state index contributed by atoms with van der Waals surface area (Å²) in [6.45, 7) is 2.21. The minimum Gasteiger partial charge on any atom is -0.507 e. The third-order valence-electron chi connectivity index (χ3n) is 2.68. The second-order valence-corrected chi connectivity index (χ2v) is 5.11. The van der Waals surface area contributed by atoms with E-state index in [2.05, 4.69) is 50.9 Å². The first-order chi connectivity index (χ1) is 7.72. The predicted molar refractivity (Wildman–Crippen MR) is 76.6 cm³/mol. The summed E-state index contributed by atoms with van der Waals surface area (Å²) < 4.78 is 0. The van der Waals surface area contributed by atoms with Gasteiger partial charge in [-0.3, -0.25) is 0 Å². The number of alkyl halides is 2. The zero-order valence-electron chi connectivity index (χ0n) is 9.60. The topological polar surface area (TPSA) is 20.2 Å². The largest absolute Gasteiger partial charge is 0.507 e. The molecular weight excluding hydrogens is 332 g/mol.